The molecule has 0 spiro atoms. The van der Waals surface area contributed by atoms with Crippen LogP contribution in [0.1, 0.15) is 40.4 Å². The number of hydrogen-bond acceptors (Lipinski definition) is 4. The van der Waals surface area contributed by atoms with Crippen molar-refractivity contribution in [3.63, 3.8) is 0 Å². The summed E-state index contributed by atoms with van der Waals surface area (Å²) >= 11 is 0. The zero-order chi connectivity index (χ0) is 24.5. The number of nitrogens with two attached hydrogens (primary N) is 1. The van der Waals surface area contributed by atoms with Crippen molar-refractivity contribution in [2.24, 2.45) is 0 Å². The number of carbonyl (C=O) groups excluding carboxylic acids is 1. The first-order chi connectivity index (χ1) is 17.7. The second-order valence-electron chi connectivity index (χ2n) is 10.1. The molecule has 1 saturated heterocycles. The number of Topliss-reactive ketones (excluding diaryl/α,β-unsaturated/α-hetero) is 1. The van der Waals surface area contributed by atoms with Crippen molar-refractivity contribution in [2.75, 3.05) is 38.6 Å². The first-order valence-corrected chi connectivity index (χ1v) is 13.1. The predicted octanol–water partition coefficient (Wildman–Crippen LogP) is 5.53. The Labute approximate surface area is 212 Å². The minimum Gasteiger partial charge on any atom is -0.398 e. The molecule has 1 aromatic heterocycles. The van der Waals surface area contributed by atoms with E-state index in [1.807, 2.05) is 36.4 Å². The number of carbonyl (C=O) groups is 1. The third-order valence-electron chi connectivity index (χ3n) is 7.60. The molecule has 0 amide bonds. The highest BCUT2D eigenvalue weighted by Gasteiger charge is 2.28. The molecule has 184 valence electrons. The number of fused-ring (bicyclic) bond motifs is 1. The molecule has 2 fully saturated rings. The van der Waals surface area contributed by atoms with Gasteiger partial charge in [-0.05, 0) is 71.8 Å². The van der Waals surface area contributed by atoms with Crippen molar-refractivity contribution in [2.45, 2.75) is 31.7 Å². The van der Waals surface area contributed by atoms with Crippen LogP contribution in [0.3, 0.4) is 0 Å². The summed E-state index contributed by atoms with van der Waals surface area (Å²) in [6, 6.07) is 24.7. The molecule has 2 heterocycles. The fourth-order valence-corrected chi connectivity index (χ4v) is 5.34. The second kappa shape index (κ2) is 9.92. The Kier molecular flexibility index (Phi) is 6.34. The normalized spacial score (nSPS) is 16.4. The zero-order valence-corrected chi connectivity index (χ0v) is 20.7. The number of ether oxygens (including phenoxy) is 1. The third kappa shape index (κ3) is 4.81. The van der Waals surface area contributed by atoms with Gasteiger partial charge in [-0.1, -0.05) is 36.4 Å². The van der Waals surface area contributed by atoms with E-state index in [-0.39, 0.29) is 5.78 Å². The summed E-state index contributed by atoms with van der Waals surface area (Å²) in [6.07, 6.45) is 2.82. The van der Waals surface area contributed by atoms with Crippen molar-refractivity contribution < 1.29 is 9.53 Å². The Balaban J connectivity index is 1.24. The average Bonchev–Trinajstić information content (AvgIpc) is 3.70. The molecule has 1 aliphatic carbocycles. The van der Waals surface area contributed by atoms with Crippen molar-refractivity contribution in [1.29, 1.82) is 0 Å². The van der Waals surface area contributed by atoms with E-state index < -0.39 is 0 Å². The summed E-state index contributed by atoms with van der Waals surface area (Å²) in [5, 5.41) is 1.16. The molecule has 3 aromatic carbocycles. The summed E-state index contributed by atoms with van der Waals surface area (Å²) in [7, 11) is 0. The maximum Gasteiger partial charge on any atom is 0.167 e. The molecule has 0 atom stereocenters. The lowest BCUT2D eigenvalue weighted by Gasteiger charge is -2.27. The molecule has 5 nitrogen and oxygen atoms in total. The van der Waals surface area contributed by atoms with Gasteiger partial charge in [0.1, 0.15) is 0 Å². The van der Waals surface area contributed by atoms with Crippen molar-refractivity contribution in [3.05, 3.63) is 89.6 Å². The number of rotatable bonds is 8. The van der Waals surface area contributed by atoms with E-state index in [0.717, 1.165) is 67.0 Å². The Morgan fingerprint density at radius 1 is 0.889 bits per heavy atom. The van der Waals surface area contributed by atoms with Crippen molar-refractivity contribution in [3.8, 4) is 11.1 Å². The number of hydrogen-bond donors (Lipinski definition) is 1. The van der Waals surface area contributed by atoms with Crippen LogP contribution < -0.4 is 5.73 Å². The average molecular weight is 480 g/mol. The maximum atomic E-state index is 13.3. The summed E-state index contributed by atoms with van der Waals surface area (Å²) < 4.78 is 7.99. The SMILES string of the molecule is Nc1ccc(-c2ccccc2)cc1CC(=O)c1ccc2c(c1)cc(C1CC1)n2CCN1CCOCC1. The largest absolute Gasteiger partial charge is 0.398 e. The quantitative estimate of drug-likeness (QED) is 0.267. The number of morpholine rings is 1. The highest BCUT2D eigenvalue weighted by Crippen LogP contribution is 2.42. The van der Waals surface area contributed by atoms with Crippen molar-refractivity contribution in [1.82, 2.24) is 9.47 Å². The van der Waals surface area contributed by atoms with Crippen LogP contribution in [0.15, 0.2) is 72.8 Å². The third-order valence-corrected chi connectivity index (χ3v) is 7.60. The van der Waals surface area contributed by atoms with Gasteiger partial charge in [-0.15, -0.1) is 0 Å². The van der Waals surface area contributed by atoms with Gasteiger partial charge in [0.05, 0.1) is 13.2 Å². The first-order valence-electron chi connectivity index (χ1n) is 13.1. The standard InChI is InChI=1S/C31H33N3O2/c32-28-10-8-24(22-4-2-1-3-5-22)18-26(28)21-31(35)25-9-11-29-27(19-25)20-30(23-6-7-23)34(29)13-12-33-14-16-36-17-15-33/h1-5,8-11,18-20,23H,6-7,12-17,21,32H2. The zero-order valence-electron chi connectivity index (χ0n) is 20.7. The van der Waals surface area contributed by atoms with Crippen LogP contribution in [0.25, 0.3) is 22.0 Å². The van der Waals surface area contributed by atoms with E-state index in [1.165, 1.54) is 24.1 Å². The molecule has 0 radical (unpaired) electrons. The number of ketones is 1. The molecule has 0 bridgehead atoms. The van der Waals surface area contributed by atoms with Gasteiger partial charge in [-0.3, -0.25) is 9.69 Å². The van der Waals surface area contributed by atoms with Gasteiger partial charge in [-0.25, -0.2) is 0 Å². The molecule has 36 heavy (non-hydrogen) atoms. The predicted molar refractivity (Wildman–Crippen MR) is 145 cm³/mol. The van der Waals surface area contributed by atoms with Crippen LogP contribution in [-0.2, 0) is 17.7 Å². The molecule has 1 saturated carbocycles. The van der Waals surface area contributed by atoms with Crippen LogP contribution in [0.4, 0.5) is 5.69 Å². The Hall–Kier alpha value is -3.41. The van der Waals surface area contributed by atoms with Crippen molar-refractivity contribution >= 4 is 22.4 Å². The summed E-state index contributed by atoms with van der Waals surface area (Å²) in [4.78, 5) is 15.8. The van der Waals surface area contributed by atoms with Crippen LogP contribution in [0.2, 0.25) is 0 Å². The molecular formula is C31H33N3O2. The lowest BCUT2D eigenvalue weighted by atomic mass is 9.97. The van der Waals surface area contributed by atoms with Crippen LogP contribution >= 0.6 is 0 Å². The van der Waals surface area contributed by atoms with Gasteiger partial charge in [0.2, 0.25) is 0 Å². The molecule has 2 N–H and O–H groups in total. The Bertz CT molecular complexity index is 1380. The monoisotopic (exact) mass is 479 g/mol. The van der Waals surface area contributed by atoms with Gasteiger partial charge in [0.25, 0.3) is 0 Å². The van der Waals surface area contributed by atoms with Crippen LogP contribution in [0, 0.1) is 0 Å². The molecule has 0 unspecified atom stereocenters. The maximum absolute atomic E-state index is 13.3. The topological polar surface area (TPSA) is 60.5 Å². The van der Waals surface area contributed by atoms with E-state index in [1.54, 1.807) is 0 Å². The molecule has 2 aliphatic rings. The van der Waals surface area contributed by atoms with Gasteiger partial charge in [0.15, 0.2) is 5.78 Å². The summed E-state index contributed by atoms with van der Waals surface area (Å²) in [5.41, 5.74) is 13.4. The van der Waals surface area contributed by atoms with Crippen LogP contribution in [-0.4, -0.2) is 48.1 Å². The van der Waals surface area contributed by atoms with E-state index in [2.05, 4.69) is 45.9 Å². The Morgan fingerprint density at radius 3 is 2.47 bits per heavy atom. The van der Waals surface area contributed by atoms with E-state index in [9.17, 15) is 4.79 Å². The molecule has 6 rings (SSSR count). The lowest BCUT2D eigenvalue weighted by Crippen LogP contribution is -2.38. The first kappa shape index (κ1) is 23.0. The summed E-state index contributed by atoms with van der Waals surface area (Å²) in [6.45, 7) is 5.67. The Morgan fingerprint density at radius 2 is 1.69 bits per heavy atom. The van der Waals surface area contributed by atoms with Gasteiger partial charge < -0.3 is 15.0 Å². The summed E-state index contributed by atoms with van der Waals surface area (Å²) in [5.74, 6) is 0.754. The molecule has 4 aromatic rings. The number of anilines is 1. The number of benzene rings is 3. The fraction of sp³-hybridized carbons (Fsp3) is 0.323. The molecular weight excluding hydrogens is 446 g/mol. The molecule has 5 heteroatoms. The van der Waals surface area contributed by atoms with E-state index in [0.29, 0.717) is 18.0 Å². The number of nitrogen functional groups attached to an aromatic ring is 1. The minimum atomic E-state index is 0.0999. The number of aromatic nitrogens is 1. The van der Waals surface area contributed by atoms with Crippen LogP contribution in [0.5, 0.6) is 0 Å². The highest BCUT2D eigenvalue weighted by atomic mass is 16.5. The lowest BCUT2D eigenvalue weighted by molar-refractivity contribution is 0.0364. The highest BCUT2D eigenvalue weighted by molar-refractivity contribution is 6.01. The fourth-order valence-electron chi connectivity index (χ4n) is 5.34. The van der Waals surface area contributed by atoms with Gasteiger partial charge in [-0.2, -0.15) is 0 Å². The van der Waals surface area contributed by atoms with E-state index >= 15 is 0 Å². The smallest absolute Gasteiger partial charge is 0.167 e. The molecule has 1 aliphatic heterocycles. The van der Waals surface area contributed by atoms with Gasteiger partial charge in [0, 0.05) is 60.4 Å². The minimum absolute atomic E-state index is 0.0999. The van der Waals surface area contributed by atoms with E-state index in [4.69, 9.17) is 10.5 Å². The van der Waals surface area contributed by atoms with Gasteiger partial charge >= 0.3 is 0 Å². The second-order valence-corrected chi connectivity index (χ2v) is 10.1. The number of nitrogens with zero attached hydrogens (tertiary/aromatic N) is 2.